The number of carbonyl (C=O) groups excluding carboxylic acids is 1. The Morgan fingerprint density at radius 1 is 1.33 bits per heavy atom. The molecule has 108 valence electrons. The molecular formula is C13H28ClN3O. The molecule has 1 saturated heterocycles. The summed E-state index contributed by atoms with van der Waals surface area (Å²) in [6, 6.07) is 0.626. The van der Waals surface area contributed by atoms with E-state index in [0.717, 1.165) is 32.4 Å². The molecule has 5 heteroatoms. The van der Waals surface area contributed by atoms with Crippen molar-refractivity contribution in [2.45, 2.75) is 51.6 Å². The standard InChI is InChI=1S/C13H27N3O.ClH/c1-5-13(2,3)15-12(17)10-16-8-6-11(14-4)7-9-16;/h11,14H,5-10H2,1-4H3,(H,15,17);1H. The first-order valence-corrected chi connectivity index (χ1v) is 6.67. The fraction of sp³-hybridized carbons (Fsp3) is 0.923. The van der Waals surface area contributed by atoms with Crippen LogP contribution in [0.1, 0.15) is 40.0 Å². The van der Waals surface area contributed by atoms with E-state index in [2.05, 4.69) is 36.3 Å². The van der Waals surface area contributed by atoms with Gasteiger partial charge in [-0.15, -0.1) is 12.4 Å². The molecule has 18 heavy (non-hydrogen) atoms. The van der Waals surface area contributed by atoms with Gasteiger partial charge in [-0.2, -0.15) is 0 Å². The molecule has 1 aliphatic rings. The smallest absolute Gasteiger partial charge is 0.234 e. The van der Waals surface area contributed by atoms with Gasteiger partial charge in [-0.3, -0.25) is 9.69 Å². The summed E-state index contributed by atoms with van der Waals surface area (Å²) in [7, 11) is 2.01. The third-order valence-electron chi connectivity index (χ3n) is 3.72. The van der Waals surface area contributed by atoms with E-state index in [1.165, 1.54) is 0 Å². The van der Waals surface area contributed by atoms with Crippen molar-refractivity contribution in [3.05, 3.63) is 0 Å². The minimum absolute atomic E-state index is 0. The number of halogens is 1. The molecule has 0 atom stereocenters. The lowest BCUT2D eigenvalue weighted by Crippen LogP contribution is -2.49. The fourth-order valence-electron chi connectivity index (χ4n) is 2.09. The molecule has 0 radical (unpaired) electrons. The van der Waals surface area contributed by atoms with E-state index in [4.69, 9.17) is 0 Å². The summed E-state index contributed by atoms with van der Waals surface area (Å²) in [5, 5.41) is 6.38. The molecule has 0 aromatic carbocycles. The highest BCUT2D eigenvalue weighted by atomic mass is 35.5. The predicted octanol–water partition coefficient (Wildman–Crippen LogP) is 1.40. The Bertz CT molecular complexity index is 251. The van der Waals surface area contributed by atoms with E-state index in [1.54, 1.807) is 0 Å². The molecule has 1 amide bonds. The number of hydrogen-bond donors (Lipinski definition) is 2. The van der Waals surface area contributed by atoms with Crippen molar-refractivity contribution in [1.82, 2.24) is 15.5 Å². The van der Waals surface area contributed by atoms with E-state index >= 15 is 0 Å². The zero-order valence-corrected chi connectivity index (χ0v) is 12.9. The summed E-state index contributed by atoms with van der Waals surface area (Å²) in [4.78, 5) is 14.1. The van der Waals surface area contributed by atoms with Crippen molar-refractivity contribution >= 4 is 18.3 Å². The Morgan fingerprint density at radius 2 is 1.89 bits per heavy atom. The summed E-state index contributed by atoms with van der Waals surface area (Å²) < 4.78 is 0. The van der Waals surface area contributed by atoms with Crippen LogP contribution in [0.2, 0.25) is 0 Å². The molecule has 0 spiro atoms. The highest BCUT2D eigenvalue weighted by Gasteiger charge is 2.22. The number of hydrogen-bond acceptors (Lipinski definition) is 3. The van der Waals surface area contributed by atoms with Gasteiger partial charge in [0.25, 0.3) is 0 Å². The van der Waals surface area contributed by atoms with Gasteiger partial charge in [0.2, 0.25) is 5.91 Å². The van der Waals surface area contributed by atoms with E-state index in [0.29, 0.717) is 12.6 Å². The van der Waals surface area contributed by atoms with Crippen LogP contribution in [0, 0.1) is 0 Å². The number of rotatable bonds is 5. The lowest BCUT2D eigenvalue weighted by molar-refractivity contribution is -0.124. The highest BCUT2D eigenvalue weighted by molar-refractivity contribution is 5.85. The summed E-state index contributed by atoms with van der Waals surface area (Å²) in [5.74, 6) is 0.153. The molecule has 0 bridgehead atoms. The van der Waals surface area contributed by atoms with Crippen molar-refractivity contribution in [3.63, 3.8) is 0 Å². The molecule has 0 aliphatic carbocycles. The quantitative estimate of drug-likeness (QED) is 0.798. The molecule has 0 aromatic heterocycles. The van der Waals surface area contributed by atoms with Crippen LogP contribution in [-0.4, -0.2) is 49.1 Å². The first-order chi connectivity index (χ1) is 7.96. The van der Waals surface area contributed by atoms with Gasteiger partial charge in [-0.25, -0.2) is 0 Å². The Balaban J connectivity index is 0.00000289. The molecule has 1 fully saturated rings. The number of nitrogens with one attached hydrogen (secondary N) is 2. The van der Waals surface area contributed by atoms with Gasteiger partial charge in [-0.1, -0.05) is 6.92 Å². The molecule has 4 nitrogen and oxygen atoms in total. The predicted molar refractivity (Wildman–Crippen MR) is 78.3 cm³/mol. The van der Waals surface area contributed by atoms with Crippen molar-refractivity contribution in [2.75, 3.05) is 26.7 Å². The molecule has 1 rings (SSSR count). The van der Waals surface area contributed by atoms with Gasteiger partial charge < -0.3 is 10.6 Å². The molecule has 2 N–H and O–H groups in total. The first-order valence-electron chi connectivity index (χ1n) is 6.67. The van der Waals surface area contributed by atoms with Gasteiger partial charge in [-0.05, 0) is 40.2 Å². The zero-order chi connectivity index (χ0) is 12.9. The van der Waals surface area contributed by atoms with Crippen LogP contribution in [0.3, 0.4) is 0 Å². The van der Waals surface area contributed by atoms with E-state index in [9.17, 15) is 4.79 Å². The second-order valence-electron chi connectivity index (χ2n) is 5.62. The van der Waals surface area contributed by atoms with Crippen LogP contribution in [0.25, 0.3) is 0 Å². The Hall–Kier alpha value is -0.320. The minimum atomic E-state index is -0.0830. The van der Waals surface area contributed by atoms with Gasteiger partial charge >= 0.3 is 0 Å². The molecular weight excluding hydrogens is 250 g/mol. The highest BCUT2D eigenvalue weighted by Crippen LogP contribution is 2.10. The number of carbonyl (C=O) groups is 1. The van der Waals surface area contributed by atoms with Crippen LogP contribution in [0.4, 0.5) is 0 Å². The zero-order valence-electron chi connectivity index (χ0n) is 12.1. The Labute approximate surface area is 117 Å². The number of piperidine rings is 1. The maximum absolute atomic E-state index is 11.9. The van der Waals surface area contributed by atoms with Crippen LogP contribution >= 0.6 is 12.4 Å². The summed E-state index contributed by atoms with van der Waals surface area (Å²) >= 11 is 0. The van der Waals surface area contributed by atoms with E-state index in [1.807, 2.05) is 7.05 Å². The van der Waals surface area contributed by atoms with Crippen LogP contribution in [-0.2, 0) is 4.79 Å². The molecule has 0 aromatic rings. The third-order valence-corrected chi connectivity index (χ3v) is 3.72. The second kappa shape index (κ2) is 7.97. The van der Waals surface area contributed by atoms with Gasteiger partial charge in [0.05, 0.1) is 6.54 Å². The average molecular weight is 278 g/mol. The van der Waals surface area contributed by atoms with Gasteiger partial charge in [0.15, 0.2) is 0 Å². The Kier molecular flexibility index (Phi) is 7.83. The number of nitrogens with zero attached hydrogens (tertiary/aromatic N) is 1. The van der Waals surface area contributed by atoms with Crippen molar-refractivity contribution in [2.24, 2.45) is 0 Å². The van der Waals surface area contributed by atoms with E-state index in [-0.39, 0.29) is 23.9 Å². The average Bonchev–Trinajstić information content (AvgIpc) is 2.29. The van der Waals surface area contributed by atoms with E-state index < -0.39 is 0 Å². The van der Waals surface area contributed by atoms with Crippen LogP contribution < -0.4 is 10.6 Å². The maximum atomic E-state index is 11.9. The Morgan fingerprint density at radius 3 is 2.33 bits per heavy atom. The van der Waals surface area contributed by atoms with Crippen molar-refractivity contribution < 1.29 is 4.79 Å². The third kappa shape index (κ3) is 6.03. The molecule has 1 aliphatic heterocycles. The largest absolute Gasteiger partial charge is 0.350 e. The summed E-state index contributed by atoms with van der Waals surface area (Å²) in [6.07, 6.45) is 3.24. The second-order valence-corrected chi connectivity index (χ2v) is 5.62. The van der Waals surface area contributed by atoms with Crippen LogP contribution in [0.15, 0.2) is 0 Å². The van der Waals surface area contributed by atoms with Crippen LogP contribution in [0.5, 0.6) is 0 Å². The summed E-state index contributed by atoms with van der Waals surface area (Å²) in [5.41, 5.74) is -0.0830. The maximum Gasteiger partial charge on any atom is 0.234 e. The van der Waals surface area contributed by atoms with Gasteiger partial charge in [0.1, 0.15) is 0 Å². The minimum Gasteiger partial charge on any atom is -0.350 e. The lowest BCUT2D eigenvalue weighted by Gasteiger charge is -2.32. The SMILES string of the molecule is CCC(C)(C)NC(=O)CN1CCC(NC)CC1.Cl. The lowest BCUT2D eigenvalue weighted by atomic mass is 10.0. The van der Waals surface area contributed by atoms with Gasteiger partial charge in [0, 0.05) is 24.7 Å². The first kappa shape index (κ1) is 17.7. The molecule has 1 heterocycles. The number of likely N-dealkylation sites (tertiary alicyclic amines) is 1. The monoisotopic (exact) mass is 277 g/mol. The topological polar surface area (TPSA) is 44.4 Å². The molecule has 0 saturated carbocycles. The summed E-state index contributed by atoms with van der Waals surface area (Å²) in [6.45, 7) is 8.81. The molecule has 0 unspecified atom stereocenters. The van der Waals surface area contributed by atoms with Crippen molar-refractivity contribution in [3.8, 4) is 0 Å². The van der Waals surface area contributed by atoms with Crippen molar-refractivity contribution in [1.29, 1.82) is 0 Å². The normalized spacial score (nSPS) is 18.2. The number of amides is 1. The fourth-order valence-corrected chi connectivity index (χ4v) is 2.09.